The maximum atomic E-state index is 12.4. The number of nitrogens with one attached hydrogen (secondary N) is 2. The van der Waals surface area contributed by atoms with E-state index in [4.69, 9.17) is 11.6 Å². The van der Waals surface area contributed by atoms with E-state index in [1.54, 1.807) is 29.1 Å². The number of hydrogen-bond acceptors (Lipinski definition) is 3. The number of nitrogens with zero attached hydrogens (tertiary/aromatic N) is 2. The lowest BCUT2D eigenvalue weighted by Gasteiger charge is -2.10. The van der Waals surface area contributed by atoms with Gasteiger partial charge in [-0.1, -0.05) is 35.9 Å². The van der Waals surface area contributed by atoms with Crippen LogP contribution in [0.4, 0.5) is 11.5 Å². The van der Waals surface area contributed by atoms with Crippen molar-refractivity contribution in [2.24, 2.45) is 0 Å². The standard InChI is InChI=1S/C20H19ClN4O2/c1-14(26)23-18-8-4-15(5-9-18)12-20(27)24-19-10-11-22-25(19)13-16-2-6-17(21)7-3-16/h2-11H,12-13H2,1H3,(H,23,26)(H,24,27). The molecule has 0 aliphatic rings. The molecule has 0 radical (unpaired) electrons. The van der Waals surface area contributed by atoms with Gasteiger partial charge in [0, 0.05) is 23.7 Å². The fourth-order valence-corrected chi connectivity index (χ4v) is 2.74. The summed E-state index contributed by atoms with van der Waals surface area (Å²) in [5, 5.41) is 10.5. The predicted octanol–water partition coefficient (Wildman–Crippen LogP) is 3.72. The van der Waals surface area contributed by atoms with Gasteiger partial charge in [0.25, 0.3) is 0 Å². The molecule has 0 spiro atoms. The van der Waals surface area contributed by atoms with Gasteiger partial charge in [-0.25, -0.2) is 4.68 Å². The molecule has 7 heteroatoms. The Labute approximate surface area is 162 Å². The van der Waals surface area contributed by atoms with Crippen molar-refractivity contribution in [3.05, 3.63) is 76.9 Å². The van der Waals surface area contributed by atoms with Crippen molar-refractivity contribution in [2.45, 2.75) is 19.9 Å². The predicted molar refractivity (Wildman–Crippen MR) is 106 cm³/mol. The van der Waals surface area contributed by atoms with Crippen LogP contribution >= 0.6 is 11.6 Å². The molecular weight excluding hydrogens is 364 g/mol. The van der Waals surface area contributed by atoms with E-state index in [2.05, 4.69) is 15.7 Å². The van der Waals surface area contributed by atoms with Crippen LogP contribution in [0.5, 0.6) is 0 Å². The second-order valence-electron chi connectivity index (χ2n) is 6.10. The fourth-order valence-electron chi connectivity index (χ4n) is 2.61. The Hall–Kier alpha value is -3.12. The van der Waals surface area contributed by atoms with Gasteiger partial charge in [0.2, 0.25) is 11.8 Å². The molecule has 0 bridgehead atoms. The zero-order chi connectivity index (χ0) is 19.2. The molecule has 1 aromatic heterocycles. The van der Waals surface area contributed by atoms with Gasteiger partial charge < -0.3 is 10.6 Å². The molecule has 2 aromatic carbocycles. The number of hydrogen-bond donors (Lipinski definition) is 2. The smallest absolute Gasteiger partial charge is 0.229 e. The summed E-state index contributed by atoms with van der Waals surface area (Å²) >= 11 is 5.91. The number of benzene rings is 2. The Morgan fingerprint density at radius 3 is 2.30 bits per heavy atom. The molecule has 0 aliphatic heterocycles. The third-order valence-electron chi connectivity index (χ3n) is 3.87. The largest absolute Gasteiger partial charge is 0.326 e. The maximum absolute atomic E-state index is 12.4. The minimum Gasteiger partial charge on any atom is -0.326 e. The number of anilines is 2. The summed E-state index contributed by atoms with van der Waals surface area (Å²) in [4.78, 5) is 23.4. The molecule has 6 nitrogen and oxygen atoms in total. The highest BCUT2D eigenvalue weighted by Crippen LogP contribution is 2.15. The Kier molecular flexibility index (Phi) is 5.88. The second-order valence-corrected chi connectivity index (χ2v) is 6.54. The zero-order valence-corrected chi connectivity index (χ0v) is 15.5. The average Bonchev–Trinajstić information content (AvgIpc) is 3.05. The second kappa shape index (κ2) is 8.51. The molecule has 138 valence electrons. The van der Waals surface area contributed by atoms with E-state index < -0.39 is 0 Å². The molecule has 2 N–H and O–H groups in total. The molecule has 0 unspecified atom stereocenters. The molecule has 1 heterocycles. The zero-order valence-electron chi connectivity index (χ0n) is 14.8. The summed E-state index contributed by atoms with van der Waals surface area (Å²) in [6.07, 6.45) is 1.88. The van der Waals surface area contributed by atoms with E-state index in [1.807, 2.05) is 36.4 Å². The van der Waals surface area contributed by atoms with Gasteiger partial charge in [-0.3, -0.25) is 9.59 Å². The fraction of sp³-hybridized carbons (Fsp3) is 0.150. The number of carbonyl (C=O) groups is 2. The first-order valence-electron chi connectivity index (χ1n) is 8.42. The molecule has 2 amide bonds. The monoisotopic (exact) mass is 382 g/mol. The molecule has 0 saturated heterocycles. The minimum absolute atomic E-state index is 0.130. The topological polar surface area (TPSA) is 76.0 Å². The van der Waals surface area contributed by atoms with Crippen molar-refractivity contribution in [3.8, 4) is 0 Å². The van der Waals surface area contributed by atoms with Crippen LogP contribution in [0.3, 0.4) is 0 Å². The molecule has 3 rings (SSSR count). The lowest BCUT2D eigenvalue weighted by molar-refractivity contribution is -0.116. The van der Waals surface area contributed by atoms with Crippen molar-refractivity contribution < 1.29 is 9.59 Å². The number of carbonyl (C=O) groups excluding carboxylic acids is 2. The third kappa shape index (κ3) is 5.43. The van der Waals surface area contributed by atoms with Crippen LogP contribution in [0.1, 0.15) is 18.1 Å². The van der Waals surface area contributed by atoms with Crippen LogP contribution in [0.2, 0.25) is 5.02 Å². The quantitative estimate of drug-likeness (QED) is 0.682. The summed E-state index contributed by atoms with van der Waals surface area (Å²) in [5.41, 5.74) is 2.59. The van der Waals surface area contributed by atoms with Gasteiger partial charge in [-0.2, -0.15) is 5.10 Å². The van der Waals surface area contributed by atoms with Gasteiger partial charge in [0.15, 0.2) is 0 Å². The number of rotatable bonds is 6. The van der Waals surface area contributed by atoms with Gasteiger partial charge in [0.05, 0.1) is 19.2 Å². The first-order chi connectivity index (χ1) is 13.0. The Balaban J connectivity index is 1.60. The highest BCUT2D eigenvalue weighted by atomic mass is 35.5. The van der Waals surface area contributed by atoms with Crippen LogP contribution in [-0.4, -0.2) is 21.6 Å². The van der Waals surface area contributed by atoms with Crippen molar-refractivity contribution in [1.82, 2.24) is 9.78 Å². The Morgan fingerprint density at radius 1 is 0.963 bits per heavy atom. The molecule has 0 atom stereocenters. The summed E-state index contributed by atoms with van der Waals surface area (Å²) < 4.78 is 1.72. The lowest BCUT2D eigenvalue weighted by Crippen LogP contribution is -2.18. The van der Waals surface area contributed by atoms with Crippen LogP contribution in [0, 0.1) is 0 Å². The number of aromatic nitrogens is 2. The minimum atomic E-state index is -0.139. The van der Waals surface area contributed by atoms with Gasteiger partial charge in [-0.05, 0) is 35.4 Å². The first kappa shape index (κ1) is 18.7. The van der Waals surface area contributed by atoms with Gasteiger partial charge in [0.1, 0.15) is 5.82 Å². The van der Waals surface area contributed by atoms with Crippen molar-refractivity contribution in [3.63, 3.8) is 0 Å². The molecule has 0 fully saturated rings. The molecule has 27 heavy (non-hydrogen) atoms. The highest BCUT2D eigenvalue weighted by Gasteiger charge is 2.09. The maximum Gasteiger partial charge on any atom is 0.229 e. The first-order valence-corrected chi connectivity index (χ1v) is 8.80. The highest BCUT2D eigenvalue weighted by molar-refractivity contribution is 6.30. The number of halogens is 1. The SMILES string of the molecule is CC(=O)Nc1ccc(CC(=O)Nc2ccnn2Cc2ccc(Cl)cc2)cc1. The normalized spacial score (nSPS) is 10.4. The summed E-state index contributed by atoms with van der Waals surface area (Å²) in [6, 6.07) is 16.4. The average molecular weight is 383 g/mol. The van der Waals surface area contributed by atoms with Gasteiger partial charge in [-0.15, -0.1) is 0 Å². The third-order valence-corrected chi connectivity index (χ3v) is 4.12. The lowest BCUT2D eigenvalue weighted by atomic mass is 10.1. The van der Waals surface area contributed by atoms with E-state index in [0.29, 0.717) is 23.1 Å². The summed E-state index contributed by atoms with van der Waals surface area (Å²) in [5.74, 6) is 0.361. The van der Waals surface area contributed by atoms with E-state index in [0.717, 1.165) is 11.1 Å². The molecule has 3 aromatic rings. The van der Waals surface area contributed by atoms with E-state index in [9.17, 15) is 9.59 Å². The van der Waals surface area contributed by atoms with Crippen LogP contribution < -0.4 is 10.6 Å². The summed E-state index contributed by atoms with van der Waals surface area (Å²) in [7, 11) is 0. The van der Waals surface area contributed by atoms with Crippen molar-refractivity contribution in [1.29, 1.82) is 0 Å². The molecule has 0 aliphatic carbocycles. The Bertz CT molecular complexity index is 933. The van der Waals surface area contributed by atoms with Crippen LogP contribution in [-0.2, 0) is 22.6 Å². The van der Waals surface area contributed by atoms with Crippen LogP contribution in [0.15, 0.2) is 60.8 Å². The van der Waals surface area contributed by atoms with Crippen LogP contribution in [0.25, 0.3) is 0 Å². The van der Waals surface area contributed by atoms with Gasteiger partial charge >= 0.3 is 0 Å². The molecular formula is C20H19ClN4O2. The molecule has 0 saturated carbocycles. The summed E-state index contributed by atoms with van der Waals surface area (Å²) in [6.45, 7) is 1.99. The van der Waals surface area contributed by atoms with Crippen molar-refractivity contribution in [2.75, 3.05) is 10.6 Å². The van der Waals surface area contributed by atoms with Crippen molar-refractivity contribution >= 4 is 34.9 Å². The van der Waals surface area contributed by atoms with E-state index in [1.165, 1.54) is 6.92 Å². The number of amides is 2. The van der Waals surface area contributed by atoms with E-state index >= 15 is 0 Å². The van der Waals surface area contributed by atoms with E-state index in [-0.39, 0.29) is 18.2 Å². The Morgan fingerprint density at radius 2 is 1.63 bits per heavy atom.